The van der Waals surface area contributed by atoms with Crippen LogP contribution in [0, 0.1) is 0 Å². The molecule has 4 rings (SSSR count). The Labute approximate surface area is 157 Å². The van der Waals surface area contributed by atoms with Crippen molar-refractivity contribution in [2.24, 2.45) is 0 Å². The third kappa shape index (κ3) is 3.94. The number of anilines is 1. The van der Waals surface area contributed by atoms with Gasteiger partial charge >= 0.3 is 0 Å². The number of nitrogens with zero attached hydrogens (tertiary/aromatic N) is 5. The topological polar surface area (TPSA) is 58.9 Å². The van der Waals surface area contributed by atoms with E-state index in [0.29, 0.717) is 6.54 Å². The zero-order chi connectivity index (χ0) is 17.8. The Balaban J connectivity index is 1.40. The number of hydrogen-bond acceptors (Lipinski definition) is 6. The van der Waals surface area contributed by atoms with Crippen LogP contribution in [-0.2, 0) is 19.6 Å². The Hall–Kier alpha value is -2.25. The molecule has 0 saturated heterocycles. The molecule has 136 valence electrons. The van der Waals surface area contributed by atoms with Gasteiger partial charge in [0.05, 0.1) is 17.9 Å². The zero-order valence-electron chi connectivity index (χ0n) is 15.1. The van der Waals surface area contributed by atoms with E-state index in [4.69, 9.17) is 5.10 Å². The van der Waals surface area contributed by atoms with Crippen LogP contribution in [0.5, 0.6) is 0 Å². The van der Waals surface area contributed by atoms with Gasteiger partial charge in [-0.05, 0) is 25.5 Å². The number of aromatic nitrogens is 4. The van der Waals surface area contributed by atoms with Gasteiger partial charge in [-0.3, -0.25) is 9.58 Å². The van der Waals surface area contributed by atoms with Gasteiger partial charge in [0.15, 0.2) is 0 Å². The van der Waals surface area contributed by atoms with Gasteiger partial charge in [0.2, 0.25) is 5.13 Å². The van der Waals surface area contributed by atoms with Gasteiger partial charge in [-0.1, -0.05) is 48.6 Å². The molecular formula is C19H24N6S. The third-order valence-electron chi connectivity index (χ3n) is 4.55. The average molecular weight is 369 g/mol. The molecular weight excluding hydrogens is 344 g/mol. The molecule has 0 unspecified atom stereocenters. The first-order valence-electron chi connectivity index (χ1n) is 9.22. The molecule has 0 atom stereocenters. The molecule has 0 fully saturated rings. The van der Waals surface area contributed by atoms with E-state index < -0.39 is 0 Å². The summed E-state index contributed by atoms with van der Waals surface area (Å²) >= 11 is 1.57. The number of fused-ring (bicyclic) bond motifs is 1. The first-order valence-corrected chi connectivity index (χ1v) is 10.0. The van der Waals surface area contributed by atoms with E-state index in [2.05, 4.69) is 50.2 Å². The van der Waals surface area contributed by atoms with Gasteiger partial charge < -0.3 is 5.32 Å². The van der Waals surface area contributed by atoms with E-state index in [9.17, 15) is 0 Å². The lowest BCUT2D eigenvalue weighted by Gasteiger charge is -2.17. The molecule has 0 aliphatic carbocycles. The molecule has 3 heterocycles. The van der Waals surface area contributed by atoms with E-state index in [1.165, 1.54) is 18.5 Å². The van der Waals surface area contributed by atoms with Gasteiger partial charge in [0, 0.05) is 25.2 Å². The summed E-state index contributed by atoms with van der Waals surface area (Å²) in [6, 6.07) is 12.4. The molecule has 0 radical (unpaired) electrons. The summed E-state index contributed by atoms with van der Waals surface area (Å²) in [5.41, 5.74) is 3.48. The van der Waals surface area contributed by atoms with Crippen molar-refractivity contribution in [3.63, 3.8) is 0 Å². The number of benzene rings is 1. The highest BCUT2D eigenvalue weighted by Crippen LogP contribution is 2.26. The summed E-state index contributed by atoms with van der Waals surface area (Å²) in [6.07, 6.45) is 2.36. The first-order chi connectivity index (χ1) is 12.8. The summed E-state index contributed by atoms with van der Waals surface area (Å²) in [4.78, 5) is 2.52. The van der Waals surface area contributed by atoms with Crippen LogP contribution in [-0.4, -0.2) is 38.0 Å². The maximum atomic E-state index is 4.77. The van der Waals surface area contributed by atoms with Gasteiger partial charge in [0.25, 0.3) is 0 Å². The lowest BCUT2D eigenvalue weighted by molar-refractivity contribution is 0.270. The van der Waals surface area contributed by atoms with E-state index in [0.717, 1.165) is 47.6 Å². The first kappa shape index (κ1) is 17.2. The predicted octanol–water partition coefficient (Wildman–Crippen LogP) is 3.63. The summed E-state index contributed by atoms with van der Waals surface area (Å²) in [6.45, 7) is 7.24. The molecule has 3 aromatic rings. The monoisotopic (exact) mass is 368 g/mol. The lowest BCUT2D eigenvalue weighted by Crippen LogP contribution is -2.23. The molecule has 0 saturated carbocycles. The van der Waals surface area contributed by atoms with E-state index in [-0.39, 0.29) is 0 Å². The fraction of sp³-hybridized carbons (Fsp3) is 0.421. The van der Waals surface area contributed by atoms with E-state index in [1.807, 2.05) is 18.2 Å². The molecule has 0 spiro atoms. The van der Waals surface area contributed by atoms with Crippen LogP contribution in [0.3, 0.4) is 0 Å². The molecule has 1 aliphatic rings. The van der Waals surface area contributed by atoms with Crippen LogP contribution in [0.4, 0.5) is 5.13 Å². The highest BCUT2D eigenvalue weighted by Gasteiger charge is 2.16. The zero-order valence-corrected chi connectivity index (χ0v) is 15.9. The SMILES string of the molecule is CCCN1CCCn2nc(CNc3nnc(-c4ccccc4)s3)cc2C1. The van der Waals surface area contributed by atoms with Crippen molar-refractivity contribution in [1.82, 2.24) is 24.9 Å². The molecule has 7 heteroatoms. The number of hydrogen-bond donors (Lipinski definition) is 1. The Morgan fingerprint density at radius 1 is 1.15 bits per heavy atom. The largest absolute Gasteiger partial charge is 0.354 e. The van der Waals surface area contributed by atoms with Gasteiger partial charge in [0.1, 0.15) is 5.01 Å². The second kappa shape index (κ2) is 7.97. The molecule has 1 aromatic carbocycles. The summed E-state index contributed by atoms with van der Waals surface area (Å²) < 4.78 is 2.17. The van der Waals surface area contributed by atoms with Crippen molar-refractivity contribution in [2.75, 3.05) is 18.4 Å². The summed E-state index contributed by atoms with van der Waals surface area (Å²) in [5.74, 6) is 0. The summed E-state index contributed by atoms with van der Waals surface area (Å²) in [7, 11) is 0. The Morgan fingerprint density at radius 3 is 2.88 bits per heavy atom. The number of nitrogens with one attached hydrogen (secondary N) is 1. The molecule has 6 nitrogen and oxygen atoms in total. The van der Waals surface area contributed by atoms with Gasteiger partial charge in [-0.15, -0.1) is 10.2 Å². The fourth-order valence-electron chi connectivity index (χ4n) is 3.34. The van der Waals surface area contributed by atoms with Crippen LogP contribution >= 0.6 is 11.3 Å². The fourth-order valence-corrected chi connectivity index (χ4v) is 4.08. The highest BCUT2D eigenvalue weighted by molar-refractivity contribution is 7.18. The minimum absolute atomic E-state index is 0.678. The predicted molar refractivity (Wildman–Crippen MR) is 105 cm³/mol. The van der Waals surface area contributed by atoms with Crippen molar-refractivity contribution in [3.8, 4) is 10.6 Å². The molecule has 2 aromatic heterocycles. The minimum atomic E-state index is 0.678. The van der Waals surface area contributed by atoms with Crippen molar-refractivity contribution >= 4 is 16.5 Å². The second-order valence-electron chi connectivity index (χ2n) is 6.61. The maximum absolute atomic E-state index is 4.77. The average Bonchev–Trinajstić information content (AvgIpc) is 3.24. The van der Waals surface area contributed by atoms with Crippen LogP contribution in [0.25, 0.3) is 10.6 Å². The van der Waals surface area contributed by atoms with Crippen molar-refractivity contribution < 1.29 is 0 Å². The van der Waals surface area contributed by atoms with Crippen molar-refractivity contribution in [3.05, 3.63) is 47.8 Å². The van der Waals surface area contributed by atoms with Crippen LogP contribution < -0.4 is 5.32 Å². The standard InChI is InChI=1S/C19H24N6S/c1-2-9-24-10-6-11-25-17(14-24)12-16(23-25)13-20-19-22-21-18(26-19)15-7-4-3-5-8-15/h3-5,7-8,12H,2,6,9-11,13-14H2,1H3,(H,20,22). The quantitative estimate of drug-likeness (QED) is 0.720. The molecule has 1 N–H and O–H groups in total. The van der Waals surface area contributed by atoms with Crippen LogP contribution in [0.1, 0.15) is 31.2 Å². The highest BCUT2D eigenvalue weighted by atomic mass is 32.1. The normalized spacial score (nSPS) is 14.8. The van der Waals surface area contributed by atoms with Crippen LogP contribution in [0.15, 0.2) is 36.4 Å². The van der Waals surface area contributed by atoms with Crippen molar-refractivity contribution in [1.29, 1.82) is 0 Å². The molecule has 1 aliphatic heterocycles. The smallest absolute Gasteiger partial charge is 0.206 e. The van der Waals surface area contributed by atoms with Gasteiger partial charge in [-0.25, -0.2) is 0 Å². The minimum Gasteiger partial charge on any atom is -0.354 e. The molecule has 26 heavy (non-hydrogen) atoms. The Kier molecular flexibility index (Phi) is 5.26. The molecule has 0 amide bonds. The van der Waals surface area contributed by atoms with Crippen LogP contribution in [0.2, 0.25) is 0 Å². The lowest BCUT2D eigenvalue weighted by atomic mass is 10.2. The van der Waals surface area contributed by atoms with Gasteiger partial charge in [-0.2, -0.15) is 5.10 Å². The van der Waals surface area contributed by atoms with Crippen molar-refractivity contribution in [2.45, 2.75) is 39.4 Å². The Bertz CT molecular complexity index is 841. The Morgan fingerprint density at radius 2 is 2.04 bits per heavy atom. The van der Waals surface area contributed by atoms with E-state index in [1.54, 1.807) is 11.3 Å². The maximum Gasteiger partial charge on any atom is 0.206 e. The number of rotatable bonds is 6. The van der Waals surface area contributed by atoms with E-state index >= 15 is 0 Å². The molecule has 0 bridgehead atoms. The second-order valence-corrected chi connectivity index (χ2v) is 7.59. The number of aryl methyl sites for hydroxylation is 1. The summed E-state index contributed by atoms with van der Waals surface area (Å²) in [5, 5.41) is 18.4. The third-order valence-corrected chi connectivity index (χ3v) is 5.48.